The van der Waals surface area contributed by atoms with Gasteiger partial charge in [0, 0.05) is 11.7 Å². The van der Waals surface area contributed by atoms with E-state index in [2.05, 4.69) is 17.6 Å². The molecule has 0 saturated heterocycles. The lowest BCUT2D eigenvalue weighted by molar-refractivity contribution is -0.144. The second-order valence-corrected chi connectivity index (χ2v) is 11.9. The number of carbonyl (C=O) groups excluding carboxylic acids is 3. The summed E-state index contributed by atoms with van der Waals surface area (Å²) in [5.41, 5.74) is 1.76. The van der Waals surface area contributed by atoms with Crippen LogP contribution in [0, 0.1) is 5.92 Å². The number of aryl methyl sites for hydroxylation is 1. The Labute approximate surface area is 244 Å². The SMILES string of the molecule is CCc1ccc(C(C(=O)Nc2ccc3ccccc3c2)N(C(=O)C(NC(=O)OC(C)(C)C)C(C)CC)C(C)C)cc1. The van der Waals surface area contributed by atoms with Crippen molar-refractivity contribution in [3.63, 3.8) is 0 Å². The fourth-order valence-electron chi connectivity index (χ4n) is 4.81. The molecular formula is C34H45N3O4. The van der Waals surface area contributed by atoms with E-state index in [1.54, 1.807) is 25.7 Å². The molecule has 3 rings (SSSR count). The van der Waals surface area contributed by atoms with Crippen molar-refractivity contribution in [1.82, 2.24) is 10.2 Å². The quantitative estimate of drug-likeness (QED) is 0.274. The van der Waals surface area contributed by atoms with E-state index in [9.17, 15) is 14.4 Å². The Morgan fingerprint density at radius 2 is 1.51 bits per heavy atom. The lowest BCUT2D eigenvalue weighted by atomic mass is 9.94. The summed E-state index contributed by atoms with van der Waals surface area (Å²) in [5.74, 6) is -0.854. The molecule has 7 heteroatoms. The molecule has 3 unspecified atom stereocenters. The molecule has 0 fully saturated rings. The number of nitrogens with zero attached hydrogens (tertiary/aromatic N) is 1. The van der Waals surface area contributed by atoms with E-state index >= 15 is 0 Å². The minimum Gasteiger partial charge on any atom is -0.444 e. The summed E-state index contributed by atoms with van der Waals surface area (Å²) in [6.45, 7) is 15.1. The summed E-state index contributed by atoms with van der Waals surface area (Å²) < 4.78 is 5.49. The highest BCUT2D eigenvalue weighted by molar-refractivity contribution is 6.00. The van der Waals surface area contributed by atoms with Crippen LogP contribution in [-0.4, -0.2) is 40.5 Å². The van der Waals surface area contributed by atoms with Crippen LogP contribution in [0.25, 0.3) is 10.8 Å². The van der Waals surface area contributed by atoms with Crippen molar-refractivity contribution in [2.45, 2.75) is 92.0 Å². The molecule has 0 aliphatic rings. The molecule has 7 nitrogen and oxygen atoms in total. The lowest BCUT2D eigenvalue weighted by Gasteiger charge is -2.38. The normalized spacial score (nSPS) is 13.8. The molecule has 0 spiro atoms. The van der Waals surface area contributed by atoms with Gasteiger partial charge in [-0.25, -0.2) is 4.79 Å². The largest absolute Gasteiger partial charge is 0.444 e. The van der Waals surface area contributed by atoms with Gasteiger partial charge in [-0.2, -0.15) is 0 Å². The van der Waals surface area contributed by atoms with Gasteiger partial charge in [0.1, 0.15) is 17.7 Å². The molecule has 3 amide bonds. The lowest BCUT2D eigenvalue weighted by Crippen LogP contribution is -2.56. The number of fused-ring (bicyclic) bond motifs is 1. The van der Waals surface area contributed by atoms with E-state index in [1.165, 1.54) is 0 Å². The van der Waals surface area contributed by atoms with Crippen LogP contribution < -0.4 is 10.6 Å². The molecule has 0 saturated carbocycles. The highest BCUT2D eigenvalue weighted by atomic mass is 16.6. The Balaban J connectivity index is 2.03. The number of anilines is 1. The monoisotopic (exact) mass is 559 g/mol. The molecule has 220 valence electrons. The Bertz CT molecular complexity index is 1340. The fourth-order valence-corrected chi connectivity index (χ4v) is 4.81. The van der Waals surface area contributed by atoms with Gasteiger partial charge < -0.3 is 20.3 Å². The number of carbonyl (C=O) groups is 3. The highest BCUT2D eigenvalue weighted by Gasteiger charge is 2.39. The molecule has 41 heavy (non-hydrogen) atoms. The Morgan fingerprint density at radius 1 is 0.878 bits per heavy atom. The maximum atomic E-state index is 14.3. The van der Waals surface area contributed by atoms with Crippen LogP contribution in [0.3, 0.4) is 0 Å². The number of nitrogens with one attached hydrogen (secondary N) is 2. The Morgan fingerprint density at radius 3 is 2.07 bits per heavy atom. The summed E-state index contributed by atoms with van der Waals surface area (Å²) in [6, 6.07) is 19.4. The number of amides is 3. The number of benzene rings is 3. The number of alkyl carbamates (subject to hydrolysis) is 1. The third-order valence-corrected chi connectivity index (χ3v) is 7.21. The van der Waals surface area contributed by atoms with E-state index in [4.69, 9.17) is 4.74 Å². The Hall–Kier alpha value is -3.87. The summed E-state index contributed by atoms with van der Waals surface area (Å²) in [4.78, 5) is 42.8. The van der Waals surface area contributed by atoms with Gasteiger partial charge >= 0.3 is 6.09 Å². The minimum atomic E-state index is -0.924. The molecule has 0 aromatic heterocycles. The summed E-state index contributed by atoms with van der Waals surface area (Å²) in [7, 11) is 0. The molecule has 0 radical (unpaired) electrons. The maximum absolute atomic E-state index is 14.3. The first-order chi connectivity index (χ1) is 19.3. The number of hydrogen-bond acceptors (Lipinski definition) is 4. The van der Waals surface area contributed by atoms with Crippen molar-refractivity contribution in [1.29, 1.82) is 0 Å². The van der Waals surface area contributed by atoms with Crippen molar-refractivity contribution >= 4 is 34.4 Å². The van der Waals surface area contributed by atoms with Gasteiger partial charge in [0.15, 0.2) is 0 Å². The second-order valence-electron chi connectivity index (χ2n) is 11.9. The smallest absolute Gasteiger partial charge is 0.408 e. The average molecular weight is 560 g/mol. The molecule has 3 aromatic carbocycles. The first-order valence-electron chi connectivity index (χ1n) is 14.5. The van der Waals surface area contributed by atoms with Crippen LogP contribution in [0.1, 0.15) is 79.0 Å². The predicted molar refractivity (Wildman–Crippen MR) is 166 cm³/mol. The molecule has 2 N–H and O–H groups in total. The van der Waals surface area contributed by atoms with Crippen LogP contribution in [0.4, 0.5) is 10.5 Å². The zero-order chi connectivity index (χ0) is 30.3. The third kappa shape index (κ3) is 8.32. The third-order valence-electron chi connectivity index (χ3n) is 7.21. The van der Waals surface area contributed by atoms with E-state index in [1.807, 2.05) is 94.4 Å². The van der Waals surface area contributed by atoms with Crippen molar-refractivity contribution in [3.05, 3.63) is 77.9 Å². The van der Waals surface area contributed by atoms with E-state index in [0.717, 1.165) is 22.8 Å². The molecule has 0 aliphatic carbocycles. The fraction of sp³-hybridized carbons (Fsp3) is 0.441. The summed E-state index contributed by atoms with van der Waals surface area (Å²) in [5, 5.41) is 7.94. The number of ether oxygens (including phenoxy) is 1. The van der Waals surface area contributed by atoms with Crippen LogP contribution in [0.5, 0.6) is 0 Å². The number of rotatable bonds is 10. The summed E-state index contributed by atoms with van der Waals surface area (Å²) >= 11 is 0. The van der Waals surface area contributed by atoms with Crippen molar-refractivity contribution < 1.29 is 19.1 Å². The zero-order valence-corrected chi connectivity index (χ0v) is 25.7. The molecule has 3 atom stereocenters. The van der Waals surface area contributed by atoms with Gasteiger partial charge in [-0.15, -0.1) is 0 Å². The van der Waals surface area contributed by atoms with Gasteiger partial charge in [0.05, 0.1) is 0 Å². The highest BCUT2D eigenvalue weighted by Crippen LogP contribution is 2.29. The summed E-state index contributed by atoms with van der Waals surface area (Å²) in [6.07, 6.45) is 0.846. The molecule has 0 aliphatic heterocycles. The van der Waals surface area contributed by atoms with Gasteiger partial charge in [-0.05, 0) is 81.0 Å². The average Bonchev–Trinajstić information content (AvgIpc) is 2.92. The topological polar surface area (TPSA) is 87.7 Å². The zero-order valence-electron chi connectivity index (χ0n) is 25.7. The van der Waals surface area contributed by atoms with Gasteiger partial charge in [0.2, 0.25) is 5.91 Å². The molecule has 3 aromatic rings. The standard InChI is InChI=1S/C34H45N3O4/c1-9-23(5)29(36-33(40)41-34(6,7)8)32(39)37(22(3)4)30(26-17-15-24(10-2)16-18-26)31(38)35-28-20-19-25-13-11-12-14-27(25)21-28/h11-23,29-30H,9-10H2,1-8H3,(H,35,38)(H,36,40). The van der Waals surface area contributed by atoms with Crippen molar-refractivity contribution in [3.8, 4) is 0 Å². The number of hydrogen-bond donors (Lipinski definition) is 2. The van der Waals surface area contributed by atoms with Gasteiger partial charge in [0.25, 0.3) is 5.91 Å². The second kappa shape index (κ2) is 13.7. The van der Waals surface area contributed by atoms with E-state index in [-0.39, 0.29) is 23.8 Å². The first-order valence-corrected chi connectivity index (χ1v) is 14.5. The molecule has 0 heterocycles. The maximum Gasteiger partial charge on any atom is 0.408 e. The van der Waals surface area contributed by atoms with Gasteiger partial charge in [-0.1, -0.05) is 81.8 Å². The van der Waals surface area contributed by atoms with Crippen LogP contribution in [0.2, 0.25) is 0 Å². The first kappa shape index (κ1) is 31.7. The molecular weight excluding hydrogens is 514 g/mol. The van der Waals surface area contributed by atoms with Gasteiger partial charge in [-0.3, -0.25) is 9.59 Å². The minimum absolute atomic E-state index is 0.192. The Kier molecular flexibility index (Phi) is 10.5. The van der Waals surface area contributed by atoms with E-state index < -0.39 is 23.8 Å². The van der Waals surface area contributed by atoms with Crippen molar-refractivity contribution in [2.24, 2.45) is 5.92 Å². The van der Waals surface area contributed by atoms with Crippen molar-refractivity contribution in [2.75, 3.05) is 5.32 Å². The van der Waals surface area contributed by atoms with Crippen LogP contribution in [-0.2, 0) is 20.7 Å². The van der Waals surface area contributed by atoms with Crippen LogP contribution >= 0.6 is 0 Å². The molecule has 0 bridgehead atoms. The van der Waals surface area contributed by atoms with E-state index in [0.29, 0.717) is 17.7 Å². The van der Waals surface area contributed by atoms with Crippen LogP contribution in [0.15, 0.2) is 66.7 Å². The predicted octanol–water partition coefficient (Wildman–Crippen LogP) is 7.26.